The predicted octanol–water partition coefficient (Wildman–Crippen LogP) is 2.72. The zero-order valence-corrected chi connectivity index (χ0v) is 14.4. The van der Waals surface area contributed by atoms with Crippen molar-refractivity contribution in [2.24, 2.45) is 0 Å². The molecule has 0 N–H and O–H groups in total. The van der Waals surface area contributed by atoms with E-state index in [0.29, 0.717) is 31.6 Å². The van der Waals surface area contributed by atoms with Gasteiger partial charge < -0.3 is 9.30 Å². The lowest BCUT2D eigenvalue weighted by Gasteiger charge is -2.09. The molecule has 0 aliphatic rings. The maximum atomic E-state index is 12.2. The van der Waals surface area contributed by atoms with Gasteiger partial charge in [-0.25, -0.2) is 9.36 Å². The minimum absolute atomic E-state index is 0.223. The molecule has 0 aliphatic carbocycles. The molecule has 1 heterocycles. The van der Waals surface area contributed by atoms with Gasteiger partial charge in [-0.15, -0.1) is 0 Å². The third kappa shape index (κ3) is 5.59. The highest BCUT2D eigenvalue weighted by Gasteiger charge is 2.10. The second-order valence-corrected chi connectivity index (χ2v) is 5.54. The number of nitrogens with zero attached hydrogens (tertiary/aromatic N) is 2. The van der Waals surface area contributed by atoms with Crippen molar-refractivity contribution in [1.29, 1.82) is 0 Å². The van der Waals surface area contributed by atoms with E-state index < -0.39 is 11.5 Å². The van der Waals surface area contributed by atoms with E-state index in [-0.39, 0.29) is 17.1 Å². The molecule has 126 valence electrons. The van der Waals surface area contributed by atoms with Gasteiger partial charge in [0.2, 0.25) is 5.91 Å². The maximum Gasteiger partial charge on any atom is 0.333 e. The molecule has 0 amide bonds. The minimum Gasteiger partial charge on any atom is -0.462 e. The number of esters is 1. The fraction of sp³-hybridized carbons (Fsp3) is 0.500. The van der Waals surface area contributed by atoms with Gasteiger partial charge in [0.25, 0.3) is 5.56 Å². The monoisotopic (exact) mass is 338 g/mol. The molecule has 1 aromatic rings. The highest BCUT2D eigenvalue weighted by atomic mass is 32.1. The van der Waals surface area contributed by atoms with Crippen LogP contribution in [-0.2, 0) is 16.1 Å². The number of ether oxygens (including phenoxy) is 1. The van der Waals surface area contributed by atoms with Gasteiger partial charge in [-0.05, 0) is 45.3 Å². The molecule has 0 aromatic carbocycles. The van der Waals surface area contributed by atoms with Gasteiger partial charge in [-0.1, -0.05) is 6.58 Å². The number of carbonyl (C=O) groups excluding carboxylic acids is 2. The van der Waals surface area contributed by atoms with E-state index in [1.807, 2.05) is 6.92 Å². The lowest BCUT2D eigenvalue weighted by molar-refractivity contribution is -0.139. The van der Waals surface area contributed by atoms with E-state index in [1.54, 1.807) is 17.7 Å². The summed E-state index contributed by atoms with van der Waals surface area (Å²) >= 11 is 5.17. The standard InChI is InChI=1S/C16H22N2O4S/c1-4-17-10-9-14(20)18(16(17)23)13(19)8-6-5-7-11-22-15(21)12(2)3/h9-10H,2,4-8,11H2,1,3H3. The molecule has 0 saturated carbocycles. The summed E-state index contributed by atoms with van der Waals surface area (Å²) in [4.78, 5) is 35.2. The van der Waals surface area contributed by atoms with E-state index in [0.717, 1.165) is 11.0 Å². The van der Waals surface area contributed by atoms with E-state index >= 15 is 0 Å². The van der Waals surface area contributed by atoms with Crippen molar-refractivity contribution >= 4 is 24.1 Å². The molecule has 0 spiro atoms. The Bertz CT molecular complexity index is 703. The summed E-state index contributed by atoms with van der Waals surface area (Å²) < 4.78 is 7.90. The van der Waals surface area contributed by atoms with Crippen LogP contribution >= 0.6 is 12.2 Å². The number of aryl methyl sites for hydroxylation is 1. The number of rotatable bonds is 8. The Morgan fingerprint density at radius 2 is 2.00 bits per heavy atom. The molecule has 0 radical (unpaired) electrons. The minimum atomic E-state index is -0.406. The predicted molar refractivity (Wildman–Crippen MR) is 90.1 cm³/mol. The van der Waals surface area contributed by atoms with Crippen molar-refractivity contribution in [2.45, 2.75) is 46.1 Å². The molecular formula is C16H22N2O4S. The summed E-state index contributed by atoms with van der Waals surface area (Å²) in [5.74, 6) is -0.710. The van der Waals surface area contributed by atoms with Crippen molar-refractivity contribution in [2.75, 3.05) is 6.61 Å². The normalized spacial score (nSPS) is 10.3. The fourth-order valence-corrected chi connectivity index (χ4v) is 2.32. The largest absolute Gasteiger partial charge is 0.462 e. The van der Waals surface area contributed by atoms with Crippen molar-refractivity contribution in [3.63, 3.8) is 0 Å². The van der Waals surface area contributed by atoms with E-state index in [4.69, 9.17) is 17.0 Å². The Kier molecular flexibility index (Phi) is 7.61. The molecule has 0 fully saturated rings. The Morgan fingerprint density at radius 1 is 1.30 bits per heavy atom. The van der Waals surface area contributed by atoms with Crippen LogP contribution in [0.2, 0.25) is 0 Å². The number of carbonyl (C=O) groups is 2. The Morgan fingerprint density at radius 3 is 2.61 bits per heavy atom. The first kappa shape index (κ1) is 19.0. The van der Waals surface area contributed by atoms with Crippen molar-refractivity contribution in [1.82, 2.24) is 9.13 Å². The van der Waals surface area contributed by atoms with Crippen LogP contribution in [0, 0.1) is 4.77 Å². The van der Waals surface area contributed by atoms with E-state index in [1.165, 1.54) is 6.07 Å². The second kappa shape index (κ2) is 9.19. The summed E-state index contributed by atoms with van der Waals surface area (Å²) in [6.45, 7) is 7.87. The average molecular weight is 338 g/mol. The third-order valence-electron chi connectivity index (χ3n) is 3.26. The number of hydrogen-bond acceptors (Lipinski definition) is 5. The topological polar surface area (TPSA) is 70.3 Å². The van der Waals surface area contributed by atoms with Crippen LogP contribution in [0.1, 0.15) is 44.3 Å². The van der Waals surface area contributed by atoms with Crippen LogP contribution in [0.4, 0.5) is 0 Å². The van der Waals surface area contributed by atoms with Crippen LogP contribution < -0.4 is 5.56 Å². The molecule has 6 nitrogen and oxygen atoms in total. The lowest BCUT2D eigenvalue weighted by atomic mass is 10.2. The first-order chi connectivity index (χ1) is 10.9. The molecule has 0 bridgehead atoms. The summed E-state index contributed by atoms with van der Waals surface area (Å²) in [7, 11) is 0. The van der Waals surface area contributed by atoms with Crippen LogP contribution in [-0.4, -0.2) is 27.6 Å². The summed E-state index contributed by atoms with van der Waals surface area (Å²) in [6.07, 6.45) is 3.80. The lowest BCUT2D eigenvalue weighted by Crippen LogP contribution is -2.29. The summed E-state index contributed by atoms with van der Waals surface area (Å²) in [5, 5.41) is 0. The van der Waals surface area contributed by atoms with Gasteiger partial charge >= 0.3 is 5.97 Å². The Hall–Kier alpha value is -2.02. The Balaban J connectivity index is 2.47. The molecule has 7 heteroatoms. The van der Waals surface area contributed by atoms with Gasteiger partial charge in [0.15, 0.2) is 4.77 Å². The van der Waals surface area contributed by atoms with Gasteiger partial charge in [0.1, 0.15) is 0 Å². The van der Waals surface area contributed by atoms with Crippen LogP contribution in [0.15, 0.2) is 29.2 Å². The smallest absolute Gasteiger partial charge is 0.333 e. The molecular weight excluding hydrogens is 316 g/mol. The first-order valence-electron chi connectivity index (χ1n) is 7.56. The second-order valence-electron chi connectivity index (χ2n) is 5.18. The number of unbranched alkanes of at least 4 members (excludes halogenated alkanes) is 2. The SMILES string of the molecule is C=C(C)C(=O)OCCCCCC(=O)n1c(=O)ccn(CC)c1=S. The molecule has 0 unspecified atom stereocenters. The van der Waals surface area contributed by atoms with E-state index in [9.17, 15) is 14.4 Å². The zero-order valence-electron chi connectivity index (χ0n) is 13.5. The van der Waals surface area contributed by atoms with E-state index in [2.05, 4.69) is 6.58 Å². The van der Waals surface area contributed by atoms with Gasteiger partial charge in [-0.2, -0.15) is 0 Å². The summed E-state index contributed by atoms with van der Waals surface area (Å²) in [5.41, 5.74) is -0.0362. The van der Waals surface area contributed by atoms with Crippen LogP contribution in [0.5, 0.6) is 0 Å². The Labute approximate surface area is 140 Å². The molecule has 0 atom stereocenters. The highest BCUT2D eigenvalue weighted by Crippen LogP contribution is 2.04. The van der Waals surface area contributed by atoms with Crippen LogP contribution in [0.3, 0.4) is 0 Å². The molecule has 0 aliphatic heterocycles. The third-order valence-corrected chi connectivity index (χ3v) is 3.68. The average Bonchev–Trinajstić information content (AvgIpc) is 2.50. The van der Waals surface area contributed by atoms with Crippen LogP contribution in [0.25, 0.3) is 0 Å². The maximum absolute atomic E-state index is 12.2. The highest BCUT2D eigenvalue weighted by molar-refractivity contribution is 7.71. The van der Waals surface area contributed by atoms with Gasteiger partial charge in [0, 0.05) is 30.8 Å². The zero-order chi connectivity index (χ0) is 17.4. The molecule has 23 heavy (non-hydrogen) atoms. The molecule has 1 rings (SSSR count). The van der Waals surface area contributed by atoms with Crippen molar-refractivity contribution in [3.05, 3.63) is 39.5 Å². The molecule has 1 aromatic heterocycles. The number of hydrogen-bond donors (Lipinski definition) is 0. The van der Waals surface area contributed by atoms with Crippen molar-refractivity contribution in [3.8, 4) is 0 Å². The fourth-order valence-electron chi connectivity index (χ4n) is 1.94. The quantitative estimate of drug-likeness (QED) is 0.315. The molecule has 0 saturated heterocycles. The van der Waals surface area contributed by atoms with Crippen molar-refractivity contribution < 1.29 is 14.3 Å². The van der Waals surface area contributed by atoms with Gasteiger partial charge in [-0.3, -0.25) is 9.59 Å². The summed E-state index contributed by atoms with van der Waals surface area (Å²) in [6, 6.07) is 1.34. The number of aromatic nitrogens is 2. The van der Waals surface area contributed by atoms with Gasteiger partial charge in [0.05, 0.1) is 6.61 Å². The first-order valence-corrected chi connectivity index (χ1v) is 7.97.